The third-order valence-electron chi connectivity index (χ3n) is 23.4. The second-order valence-corrected chi connectivity index (χ2v) is 35.2. The fourth-order valence-corrected chi connectivity index (χ4v) is 16.9. The van der Waals surface area contributed by atoms with Crippen molar-refractivity contribution < 1.29 is 86.6 Å². The molecule has 42 nitrogen and oxygen atoms in total. The summed E-state index contributed by atoms with van der Waals surface area (Å²) in [4.78, 5) is 268. The van der Waals surface area contributed by atoms with E-state index in [0.29, 0.717) is 69.9 Å². The van der Waals surface area contributed by atoms with Crippen LogP contribution in [0.25, 0.3) is 21.8 Å². The molecule has 2 aliphatic heterocycles. The van der Waals surface area contributed by atoms with Crippen molar-refractivity contribution >= 4 is 140 Å². The molecule has 0 bridgehead atoms. The van der Waals surface area contributed by atoms with Gasteiger partial charge < -0.3 is 120 Å². The van der Waals surface area contributed by atoms with Gasteiger partial charge in [-0.15, -0.1) is 11.8 Å². The molecule has 5 heterocycles. The number of aromatic amines is 3. The summed E-state index contributed by atoms with van der Waals surface area (Å²) in [5, 5.41) is 49.5. The van der Waals surface area contributed by atoms with E-state index < -0.39 is 223 Å². The van der Waals surface area contributed by atoms with Crippen molar-refractivity contribution in [2.75, 3.05) is 72.5 Å². The highest BCUT2D eigenvalue weighted by molar-refractivity contribution is 8.00. The average Bonchev–Trinajstić information content (AvgIpc) is 1.71. The number of aryl methyl sites for hydroxylation is 1. The zero-order valence-corrected chi connectivity index (χ0v) is 77.6. The highest BCUT2D eigenvalue weighted by atomic mass is 32.2. The number of benzene rings is 3. The predicted molar refractivity (Wildman–Crippen MR) is 494 cm³/mol. The number of guanidine groups is 1. The molecule has 0 saturated carbocycles. The molecular formula is C90H128N24O18S. The SMILES string of the molecule is CCCC[C@H]1C(=O)N(C)[C@@H](CCCC)C(=O)N[C@@H](CCCNC(=N)N)C(=O)N[C@H](C(=O)NCC(N)=O)CSCC(=O)N[C@@H](Cc2cccc(C)c2)C(=O)N(C)[C@@H](C)C(=O)N[C@@H](CC(N)=O)C(=O)N2CCC[C@H]2C(=O)N[C@@H](Cc2cnc[nH]2)C(=O)N[C@@H](CC(C)C)C(=O)N(C)CC(=O)N[C@@H](Cc2c[nH]c3ccccc23)C(=O)N[C@@H](CO)C(=O)N[C@@H](Cc2c[nH]c3ccccc23)C(=O)N1C. The van der Waals surface area contributed by atoms with E-state index >= 15 is 24.0 Å². The van der Waals surface area contributed by atoms with Gasteiger partial charge in [0.15, 0.2) is 5.96 Å². The number of imidazole rings is 1. The highest BCUT2D eigenvalue weighted by Gasteiger charge is 2.44. The van der Waals surface area contributed by atoms with Crippen LogP contribution in [0.15, 0.2) is 97.7 Å². The number of fused-ring (bicyclic) bond motifs is 3. The number of hydrogen-bond acceptors (Lipinski definition) is 21. The first-order valence-electron chi connectivity index (χ1n) is 44.6. The molecule has 2 saturated heterocycles. The molecule has 0 radical (unpaired) electrons. The number of amides is 17. The van der Waals surface area contributed by atoms with Gasteiger partial charge >= 0.3 is 0 Å². The van der Waals surface area contributed by atoms with Gasteiger partial charge in [-0.2, -0.15) is 0 Å². The quantitative estimate of drug-likeness (QED) is 0.0161. The minimum absolute atomic E-state index is 0.00106. The number of nitrogens with two attached hydrogens (primary N) is 3. The van der Waals surface area contributed by atoms with Gasteiger partial charge in [-0.05, 0) is 93.5 Å². The van der Waals surface area contributed by atoms with Gasteiger partial charge in [0.2, 0.25) is 100 Å². The Bertz CT molecular complexity index is 5120. The second-order valence-electron chi connectivity index (χ2n) is 34.2. The molecule has 0 spiro atoms. The van der Waals surface area contributed by atoms with Gasteiger partial charge in [0.05, 0.1) is 38.2 Å². The molecule has 133 heavy (non-hydrogen) atoms. The van der Waals surface area contributed by atoms with E-state index in [1.165, 1.54) is 47.6 Å². The fraction of sp³-hybridized carbons (Fsp3) is 0.522. The van der Waals surface area contributed by atoms with Crippen molar-refractivity contribution in [1.82, 2.24) is 103 Å². The number of thioether (sulfide) groups is 1. The molecule has 2 fully saturated rings. The molecule has 13 atom stereocenters. The molecule has 2 aliphatic rings. The van der Waals surface area contributed by atoms with Crippen LogP contribution >= 0.6 is 11.8 Å². The van der Waals surface area contributed by atoms with Crippen molar-refractivity contribution in [3.63, 3.8) is 0 Å². The van der Waals surface area contributed by atoms with Gasteiger partial charge in [0.1, 0.15) is 78.5 Å². The van der Waals surface area contributed by atoms with E-state index in [9.17, 15) is 62.6 Å². The van der Waals surface area contributed by atoms with Gasteiger partial charge in [0.25, 0.3) is 0 Å². The van der Waals surface area contributed by atoms with Gasteiger partial charge in [-0.1, -0.05) is 120 Å². The van der Waals surface area contributed by atoms with E-state index in [1.54, 1.807) is 106 Å². The lowest BCUT2D eigenvalue weighted by Crippen LogP contribution is -2.61. The van der Waals surface area contributed by atoms with E-state index in [0.717, 1.165) is 41.8 Å². The lowest BCUT2D eigenvalue weighted by Gasteiger charge is -2.36. The Kier molecular flexibility index (Phi) is 40.1. The summed E-state index contributed by atoms with van der Waals surface area (Å²) in [6, 6.07) is 1.43. The van der Waals surface area contributed by atoms with Crippen LogP contribution < -0.4 is 75.7 Å². The monoisotopic (exact) mass is 1860 g/mol. The van der Waals surface area contributed by atoms with E-state index in [-0.39, 0.29) is 89.6 Å². The van der Waals surface area contributed by atoms with Crippen LogP contribution in [0.3, 0.4) is 0 Å². The molecule has 0 unspecified atom stereocenters. The number of likely N-dealkylation sites (N-methyl/N-ethyl adjacent to an activating group) is 4. The predicted octanol–water partition coefficient (Wildman–Crippen LogP) is -1.83. The molecule has 0 aliphatic carbocycles. The van der Waals surface area contributed by atoms with Crippen LogP contribution in [0.1, 0.15) is 140 Å². The Morgan fingerprint density at radius 3 is 1.71 bits per heavy atom. The molecule has 17 amide bonds. The number of aliphatic hydroxyl groups excluding tert-OH is 1. The van der Waals surface area contributed by atoms with Crippen LogP contribution in [-0.2, 0) is 107 Å². The number of carbonyl (C=O) groups excluding carboxylic acids is 17. The Labute approximate surface area is 775 Å². The molecule has 22 N–H and O–H groups in total. The number of nitrogens with one attached hydrogen (secondary N) is 15. The topological polar surface area (TPSA) is 621 Å². The lowest BCUT2D eigenvalue weighted by atomic mass is 10.00. The van der Waals surface area contributed by atoms with Crippen LogP contribution in [0, 0.1) is 18.3 Å². The number of rotatable bonds is 26. The van der Waals surface area contributed by atoms with Crippen LogP contribution in [0.4, 0.5) is 0 Å². The number of carbonyl (C=O) groups is 17. The Hall–Kier alpha value is -13.5. The number of aliphatic hydroxyl groups is 1. The summed E-state index contributed by atoms with van der Waals surface area (Å²) in [6.45, 7) is 7.73. The first-order chi connectivity index (χ1) is 63.3. The maximum absolute atomic E-state index is 15.7. The first kappa shape index (κ1) is 105. The number of nitrogens with zero attached hydrogens (tertiary/aromatic N) is 6. The molecule has 722 valence electrons. The zero-order chi connectivity index (χ0) is 97.4. The zero-order valence-electron chi connectivity index (χ0n) is 76.8. The van der Waals surface area contributed by atoms with Crippen molar-refractivity contribution in [1.29, 1.82) is 5.41 Å². The van der Waals surface area contributed by atoms with Crippen LogP contribution in [-0.4, -0.2) is 307 Å². The maximum atomic E-state index is 15.7. The van der Waals surface area contributed by atoms with Crippen LogP contribution in [0.2, 0.25) is 0 Å². The summed E-state index contributed by atoms with van der Waals surface area (Å²) in [5.41, 5.74) is 20.9. The third kappa shape index (κ3) is 30.5. The number of H-pyrrole nitrogens is 3. The number of aromatic nitrogens is 4. The Balaban J connectivity index is 1.18. The summed E-state index contributed by atoms with van der Waals surface area (Å²) < 4.78 is 0. The number of para-hydroxylation sites is 2. The van der Waals surface area contributed by atoms with Crippen LogP contribution in [0.5, 0.6) is 0 Å². The largest absolute Gasteiger partial charge is 0.394 e. The lowest BCUT2D eigenvalue weighted by molar-refractivity contribution is -0.149. The van der Waals surface area contributed by atoms with Crippen molar-refractivity contribution in [3.05, 3.63) is 126 Å². The van der Waals surface area contributed by atoms with E-state index in [4.69, 9.17) is 22.6 Å². The maximum Gasteiger partial charge on any atom is 0.246 e. The number of hydrogen-bond donors (Lipinski definition) is 19. The summed E-state index contributed by atoms with van der Waals surface area (Å²) in [5.74, 6) is -17.1. The average molecular weight is 1870 g/mol. The highest BCUT2D eigenvalue weighted by Crippen LogP contribution is 2.26. The summed E-state index contributed by atoms with van der Waals surface area (Å²) in [6.07, 6.45) is 6.01. The summed E-state index contributed by atoms with van der Waals surface area (Å²) >= 11 is 0.798. The van der Waals surface area contributed by atoms with Crippen molar-refractivity contribution in [2.24, 2.45) is 23.1 Å². The standard InChI is InChI=1S/C90H128N24O18S/c1-11-13-29-70-83(126)103-61(28-20-32-96-90(93)94)79(122)109-69(78(121)99-44-74(92)117)47-133-48-76(119)102-65(36-53-23-19-22-51(5)35-53)86(129)111(8)52(6)77(120)105-67(40-73(91)116)88(131)114-33-21-31-71(114)84(127)104-63(39-56-43-95-49-100-56)81(124)106-64(34-50(3)4)85(128)110(7)45-75(118)101-62(37-54-41-97-59-26-17-15-24-57(54)59)80(123)108-68(46-115)82(125)107-66(38-55-42-98-60-27-18-16-25-58(55)60)87(130)113(10)72(30-14-12-2)89(132)112(70)9/h15-19,22-27,35,41-43,49-50,52,61-72,97-98,115H,11-14,20-21,28-34,36-40,44-48H2,1-10H3,(H2,91,116)(H2,92,117)(H,95,100)(H,99,121)(H,101,118)(H,102,119)(H,103,126)(H,104,127)(H,105,120)(H,106,124)(H,107,125)(H,108,123)(H,109,122)(H4,93,94,96)/t52-,61-,62-,63-,64-,65-,66-,67-,68-,69-,70-,71-,72-/m0/s1. The van der Waals surface area contributed by atoms with Crippen molar-refractivity contribution in [2.45, 2.75) is 223 Å². The van der Waals surface area contributed by atoms with E-state index in [2.05, 4.69) is 78.4 Å². The third-order valence-corrected chi connectivity index (χ3v) is 24.4. The molecule has 8 rings (SSSR count). The molecular weight excluding hydrogens is 1740 g/mol. The molecule has 43 heteroatoms. The minimum atomic E-state index is -1.85. The number of unbranched alkanes of at least 4 members (excludes halogenated alkanes) is 2. The number of primary amides is 2. The fourth-order valence-electron chi connectivity index (χ4n) is 16.0. The Morgan fingerprint density at radius 1 is 0.556 bits per heavy atom. The molecule has 3 aromatic carbocycles. The van der Waals surface area contributed by atoms with Gasteiger partial charge in [-0.3, -0.25) is 86.9 Å². The van der Waals surface area contributed by atoms with Crippen molar-refractivity contribution in [3.8, 4) is 0 Å². The normalized spacial score (nSPS) is 23.4. The second kappa shape index (κ2) is 50.8. The van der Waals surface area contributed by atoms with Gasteiger partial charge in [0, 0.05) is 119 Å². The molecule has 3 aromatic heterocycles. The summed E-state index contributed by atoms with van der Waals surface area (Å²) in [7, 11) is 5.26. The van der Waals surface area contributed by atoms with E-state index in [1.807, 2.05) is 13.8 Å². The van der Waals surface area contributed by atoms with Gasteiger partial charge in [-0.25, -0.2) is 4.98 Å². The minimum Gasteiger partial charge on any atom is -0.394 e. The Morgan fingerprint density at radius 2 is 1.11 bits per heavy atom. The molecule has 6 aromatic rings. The smallest absolute Gasteiger partial charge is 0.246 e. The first-order valence-corrected chi connectivity index (χ1v) is 45.8.